The number of anilines is 1. The smallest absolute Gasteiger partial charge is 0.261 e. The van der Waals surface area contributed by atoms with E-state index in [1.165, 1.54) is 41.3 Å². The number of benzene rings is 4. The van der Waals surface area contributed by atoms with Gasteiger partial charge in [0.2, 0.25) is 0 Å². The summed E-state index contributed by atoms with van der Waals surface area (Å²) in [5, 5.41) is 1.84. The van der Waals surface area contributed by atoms with Crippen LogP contribution in [0.4, 0.5) is 10.1 Å². The van der Waals surface area contributed by atoms with Crippen molar-refractivity contribution in [1.82, 2.24) is 4.90 Å². The van der Waals surface area contributed by atoms with E-state index in [2.05, 4.69) is 15.9 Å². The number of imide groups is 1. The third-order valence-electron chi connectivity index (χ3n) is 6.01. The van der Waals surface area contributed by atoms with Gasteiger partial charge in [-0.05, 0) is 60.0 Å². The van der Waals surface area contributed by atoms with Gasteiger partial charge in [0.25, 0.3) is 17.7 Å². The molecule has 0 unspecified atom stereocenters. The second-order valence-corrected chi connectivity index (χ2v) is 9.84. The lowest BCUT2D eigenvalue weighted by molar-refractivity contribution is 0.0611. The van der Waals surface area contributed by atoms with Crippen LogP contribution in [0.1, 0.15) is 31.1 Å². The van der Waals surface area contributed by atoms with Gasteiger partial charge in [0.05, 0.1) is 10.6 Å². The Bertz CT molecular complexity index is 1550. The fourth-order valence-electron chi connectivity index (χ4n) is 4.31. The van der Waals surface area contributed by atoms with E-state index in [-0.39, 0.29) is 29.4 Å². The fourth-order valence-corrected chi connectivity index (χ4v) is 5.27. The minimum absolute atomic E-state index is 0.0828. The van der Waals surface area contributed by atoms with Gasteiger partial charge in [0, 0.05) is 44.8 Å². The number of amides is 3. The first-order chi connectivity index (χ1) is 17.3. The lowest BCUT2D eigenvalue weighted by atomic mass is 9.94. The van der Waals surface area contributed by atoms with Crippen LogP contribution in [0.25, 0.3) is 10.8 Å². The molecule has 0 aliphatic carbocycles. The van der Waals surface area contributed by atoms with Crippen LogP contribution in [0.5, 0.6) is 0 Å². The third kappa shape index (κ3) is 4.28. The normalized spacial score (nSPS) is 12.8. The Hall–Kier alpha value is -3.26. The molecule has 5 nitrogen and oxygen atoms in total. The third-order valence-corrected chi connectivity index (χ3v) is 7.25. The Labute approximate surface area is 224 Å². The van der Waals surface area contributed by atoms with Crippen molar-refractivity contribution in [2.45, 2.75) is 0 Å². The van der Waals surface area contributed by atoms with Crippen LogP contribution in [-0.4, -0.2) is 35.7 Å². The summed E-state index contributed by atoms with van der Waals surface area (Å²) in [5.41, 5.74) is 1.21. The molecule has 0 saturated heterocycles. The summed E-state index contributed by atoms with van der Waals surface area (Å²) in [7, 11) is 0. The van der Waals surface area contributed by atoms with Crippen LogP contribution in [0.3, 0.4) is 0 Å². The van der Waals surface area contributed by atoms with Gasteiger partial charge < -0.3 is 4.90 Å². The van der Waals surface area contributed by atoms with Crippen molar-refractivity contribution in [3.63, 3.8) is 0 Å². The van der Waals surface area contributed by atoms with Crippen molar-refractivity contribution >= 4 is 73.3 Å². The molecular formula is C27H16BrCl2FN2O3. The second kappa shape index (κ2) is 9.65. The lowest BCUT2D eigenvalue weighted by Gasteiger charge is -2.30. The lowest BCUT2D eigenvalue weighted by Crippen LogP contribution is -2.46. The van der Waals surface area contributed by atoms with Crippen molar-refractivity contribution in [1.29, 1.82) is 0 Å². The van der Waals surface area contributed by atoms with Gasteiger partial charge in [0.1, 0.15) is 5.82 Å². The van der Waals surface area contributed by atoms with Gasteiger partial charge in [-0.1, -0.05) is 57.3 Å². The molecule has 4 aromatic carbocycles. The Balaban J connectivity index is 1.50. The fraction of sp³-hybridized carbons (Fsp3) is 0.0741. The maximum atomic E-state index is 14.1. The van der Waals surface area contributed by atoms with Gasteiger partial charge in [-0.25, -0.2) is 4.39 Å². The topological polar surface area (TPSA) is 57.7 Å². The highest BCUT2D eigenvalue weighted by Crippen LogP contribution is 2.34. The van der Waals surface area contributed by atoms with E-state index >= 15 is 0 Å². The van der Waals surface area contributed by atoms with Crippen molar-refractivity contribution < 1.29 is 18.8 Å². The van der Waals surface area contributed by atoms with Crippen LogP contribution in [0.2, 0.25) is 10.0 Å². The predicted octanol–water partition coefficient (Wildman–Crippen LogP) is 6.99. The number of carbonyl (C=O) groups excluding carboxylic acids is 3. The summed E-state index contributed by atoms with van der Waals surface area (Å²) < 4.78 is 14.8. The monoisotopic (exact) mass is 584 g/mol. The summed E-state index contributed by atoms with van der Waals surface area (Å²) in [6.07, 6.45) is 0. The maximum Gasteiger partial charge on any atom is 0.261 e. The van der Waals surface area contributed by atoms with E-state index in [9.17, 15) is 18.8 Å². The zero-order valence-corrected chi connectivity index (χ0v) is 21.6. The van der Waals surface area contributed by atoms with Crippen LogP contribution < -0.4 is 4.90 Å². The van der Waals surface area contributed by atoms with E-state index in [4.69, 9.17) is 23.2 Å². The molecule has 1 aliphatic rings. The van der Waals surface area contributed by atoms with E-state index < -0.39 is 23.5 Å². The van der Waals surface area contributed by atoms with E-state index in [1.54, 1.807) is 30.3 Å². The molecular weight excluding hydrogens is 570 g/mol. The quantitative estimate of drug-likeness (QED) is 0.237. The molecule has 0 N–H and O–H groups in total. The van der Waals surface area contributed by atoms with E-state index in [1.807, 2.05) is 6.07 Å². The summed E-state index contributed by atoms with van der Waals surface area (Å²) >= 11 is 15.7. The van der Waals surface area contributed by atoms with Gasteiger partial charge in [-0.3, -0.25) is 19.3 Å². The molecule has 4 aromatic rings. The highest BCUT2D eigenvalue weighted by Gasteiger charge is 2.34. The Morgan fingerprint density at radius 3 is 2.36 bits per heavy atom. The minimum atomic E-state index is -0.538. The van der Waals surface area contributed by atoms with Gasteiger partial charge in [-0.15, -0.1) is 0 Å². The molecule has 36 heavy (non-hydrogen) atoms. The number of carbonyl (C=O) groups is 3. The van der Waals surface area contributed by atoms with Crippen molar-refractivity contribution in [3.05, 3.63) is 110 Å². The summed E-state index contributed by atoms with van der Waals surface area (Å²) in [6, 6.07) is 18.6. The average molecular weight is 586 g/mol. The summed E-state index contributed by atoms with van der Waals surface area (Å²) in [6.45, 7) is -0.197. The molecule has 9 heteroatoms. The largest absolute Gasteiger partial charge is 0.306 e. The molecule has 0 fully saturated rings. The molecule has 1 heterocycles. The predicted molar refractivity (Wildman–Crippen MR) is 142 cm³/mol. The number of halogens is 4. The zero-order chi connectivity index (χ0) is 25.6. The molecule has 0 aromatic heterocycles. The highest BCUT2D eigenvalue weighted by molar-refractivity contribution is 9.10. The molecule has 0 saturated carbocycles. The van der Waals surface area contributed by atoms with Crippen LogP contribution in [-0.2, 0) is 0 Å². The molecule has 0 bridgehead atoms. The molecule has 5 rings (SSSR count). The first-order valence-corrected chi connectivity index (χ1v) is 12.4. The molecule has 3 amide bonds. The van der Waals surface area contributed by atoms with Crippen molar-refractivity contribution in [3.8, 4) is 0 Å². The van der Waals surface area contributed by atoms with Gasteiger partial charge >= 0.3 is 0 Å². The second-order valence-electron chi connectivity index (χ2n) is 8.15. The average Bonchev–Trinajstić information content (AvgIpc) is 2.85. The van der Waals surface area contributed by atoms with Crippen molar-refractivity contribution in [2.75, 3.05) is 18.0 Å². The van der Waals surface area contributed by atoms with Crippen LogP contribution in [0.15, 0.2) is 77.3 Å². The SMILES string of the molecule is O=C1c2cccc3c(Br)ccc(c23)C(=O)N1CCN(C(=O)c1ccc(Cl)cc1Cl)c1cccc(F)c1. The van der Waals surface area contributed by atoms with Crippen LogP contribution >= 0.6 is 39.1 Å². The Kier molecular flexibility index (Phi) is 6.55. The van der Waals surface area contributed by atoms with Gasteiger partial charge in [0.15, 0.2) is 0 Å². The van der Waals surface area contributed by atoms with Crippen molar-refractivity contribution in [2.24, 2.45) is 0 Å². The molecule has 0 atom stereocenters. The number of hydrogen-bond acceptors (Lipinski definition) is 3. The van der Waals surface area contributed by atoms with Gasteiger partial charge in [-0.2, -0.15) is 0 Å². The first-order valence-electron chi connectivity index (χ1n) is 10.9. The standard InChI is InChI=1S/C27H16BrCl2FN2O3/c28-22-10-9-21-24-18(22)5-2-6-20(24)26(35)33(27(21)36)12-11-32(17-4-1-3-16(31)14-17)25(34)19-8-7-15(29)13-23(19)30/h1-10,13-14H,11-12H2. The first kappa shape index (κ1) is 24.4. The molecule has 1 aliphatic heterocycles. The number of rotatable bonds is 5. The Morgan fingerprint density at radius 2 is 1.64 bits per heavy atom. The molecule has 0 radical (unpaired) electrons. The summed E-state index contributed by atoms with van der Waals surface area (Å²) in [4.78, 5) is 42.6. The highest BCUT2D eigenvalue weighted by atomic mass is 79.9. The molecule has 180 valence electrons. The maximum absolute atomic E-state index is 14.1. The number of nitrogens with zero attached hydrogens (tertiary/aromatic N) is 2. The minimum Gasteiger partial charge on any atom is -0.306 e. The Morgan fingerprint density at radius 1 is 0.917 bits per heavy atom. The molecule has 0 spiro atoms. The van der Waals surface area contributed by atoms with E-state index in [0.717, 1.165) is 14.8 Å². The van der Waals surface area contributed by atoms with Crippen LogP contribution in [0, 0.1) is 5.82 Å². The zero-order valence-electron chi connectivity index (χ0n) is 18.5. The number of hydrogen-bond donors (Lipinski definition) is 0. The van der Waals surface area contributed by atoms with E-state index in [0.29, 0.717) is 21.5 Å². The summed E-state index contributed by atoms with van der Waals surface area (Å²) in [5.74, 6) is -1.99.